The third-order valence-electron chi connectivity index (χ3n) is 2.11. The molecule has 0 aromatic carbocycles. The van der Waals surface area contributed by atoms with E-state index in [1.807, 2.05) is 32.8 Å². The molecule has 0 aromatic heterocycles. The average Bonchev–Trinajstić information content (AvgIpc) is 2.22. The van der Waals surface area contributed by atoms with Crippen molar-refractivity contribution in [1.82, 2.24) is 15.5 Å². The lowest BCUT2D eigenvalue weighted by Gasteiger charge is -2.20. The Morgan fingerprint density at radius 1 is 1.29 bits per heavy atom. The molecule has 2 amide bonds. The van der Waals surface area contributed by atoms with E-state index in [4.69, 9.17) is 0 Å². The van der Waals surface area contributed by atoms with Crippen molar-refractivity contribution in [3.63, 3.8) is 0 Å². The van der Waals surface area contributed by atoms with Gasteiger partial charge in [0.05, 0.1) is 0 Å². The first kappa shape index (κ1) is 15.6. The Morgan fingerprint density at radius 2 is 1.88 bits per heavy atom. The fraction of sp³-hybridized carbons (Fsp3) is 0.667. The Morgan fingerprint density at radius 3 is 2.29 bits per heavy atom. The Balaban J connectivity index is 4.42. The molecule has 0 fully saturated rings. The molecule has 0 bridgehead atoms. The first-order valence-electron chi connectivity index (χ1n) is 5.74. The molecule has 5 nitrogen and oxygen atoms in total. The van der Waals surface area contributed by atoms with Gasteiger partial charge in [-0.3, -0.25) is 9.59 Å². The minimum Gasteiger partial charge on any atom is -0.352 e. The zero-order valence-electron chi connectivity index (χ0n) is 11.1. The molecule has 0 spiro atoms. The number of nitrogens with zero attached hydrogens (tertiary/aromatic N) is 1. The smallest absolute Gasteiger partial charge is 0.244 e. The van der Waals surface area contributed by atoms with Crippen LogP contribution in [0.25, 0.3) is 0 Å². The van der Waals surface area contributed by atoms with Crippen molar-refractivity contribution in [2.75, 3.05) is 20.6 Å². The van der Waals surface area contributed by atoms with Crippen molar-refractivity contribution in [2.45, 2.75) is 32.4 Å². The molecule has 0 saturated carbocycles. The topological polar surface area (TPSA) is 61.4 Å². The first-order chi connectivity index (χ1) is 7.86. The molecule has 0 aromatic rings. The van der Waals surface area contributed by atoms with Crippen LogP contribution in [0.4, 0.5) is 0 Å². The van der Waals surface area contributed by atoms with Gasteiger partial charge in [-0.05, 0) is 47.0 Å². The van der Waals surface area contributed by atoms with Gasteiger partial charge in [0, 0.05) is 6.04 Å². The molecule has 98 valence electrons. The molecule has 5 heteroatoms. The molecule has 0 rings (SSSR count). The normalized spacial score (nSPS) is 12.4. The van der Waals surface area contributed by atoms with Crippen LogP contribution in [0.15, 0.2) is 12.7 Å². The van der Waals surface area contributed by atoms with E-state index in [9.17, 15) is 9.59 Å². The predicted molar refractivity (Wildman–Crippen MR) is 68.6 cm³/mol. The molecule has 0 aliphatic carbocycles. The molecule has 17 heavy (non-hydrogen) atoms. The number of rotatable bonds is 7. The SMILES string of the molecule is C=CC(=O)NC(CCN(C)C)C(=O)NC(C)C. The van der Waals surface area contributed by atoms with Crippen LogP contribution in [-0.2, 0) is 9.59 Å². The van der Waals surface area contributed by atoms with Gasteiger partial charge in [0.1, 0.15) is 6.04 Å². The van der Waals surface area contributed by atoms with Gasteiger partial charge in [-0.1, -0.05) is 6.58 Å². The predicted octanol–water partition coefficient (Wildman–Crippen LogP) is 0.134. The summed E-state index contributed by atoms with van der Waals surface area (Å²) in [5.74, 6) is -0.482. The maximum absolute atomic E-state index is 11.8. The maximum Gasteiger partial charge on any atom is 0.244 e. The number of carbonyl (C=O) groups is 2. The van der Waals surface area contributed by atoms with Crippen molar-refractivity contribution in [2.24, 2.45) is 0 Å². The lowest BCUT2D eigenvalue weighted by atomic mass is 10.1. The van der Waals surface area contributed by atoms with Gasteiger partial charge >= 0.3 is 0 Å². The van der Waals surface area contributed by atoms with E-state index in [0.717, 1.165) is 6.54 Å². The average molecular weight is 241 g/mol. The second-order valence-electron chi connectivity index (χ2n) is 4.52. The Kier molecular flexibility index (Phi) is 7.21. The summed E-state index contributed by atoms with van der Waals surface area (Å²) in [4.78, 5) is 25.0. The van der Waals surface area contributed by atoms with Crippen LogP contribution >= 0.6 is 0 Å². The number of hydrogen-bond acceptors (Lipinski definition) is 3. The molecule has 1 atom stereocenters. The third-order valence-corrected chi connectivity index (χ3v) is 2.11. The largest absolute Gasteiger partial charge is 0.352 e. The molecular formula is C12H23N3O2. The van der Waals surface area contributed by atoms with Crippen LogP contribution in [-0.4, -0.2) is 49.4 Å². The second kappa shape index (κ2) is 7.84. The van der Waals surface area contributed by atoms with Gasteiger partial charge < -0.3 is 15.5 Å². The van der Waals surface area contributed by atoms with Crippen molar-refractivity contribution in [3.05, 3.63) is 12.7 Å². The van der Waals surface area contributed by atoms with E-state index in [0.29, 0.717) is 6.42 Å². The Hall–Kier alpha value is -1.36. The molecule has 0 heterocycles. The molecule has 0 radical (unpaired) electrons. The lowest BCUT2D eigenvalue weighted by Crippen LogP contribution is -2.49. The molecule has 0 aliphatic heterocycles. The highest BCUT2D eigenvalue weighted by atomic mass is 16.2. The Bertz CT molecular complexity index is 275. The van der Waals surface area contributed by atoms with E-state index in [1.165, 1.54) is 6.08 Å². The molecule has 0 saturated heterocycles. The fourth-order valence-corrected chi connectivity index (χ4v) is 1.27. The number of nitrogens with one attached hydrogen (secondary N) is 2. The van der Waals surface area contributed by atoms with Crippen molar-refractivity contribution >= 4 is 11.8 Å². The summed E-state index contributed by atoms with van der Waals surface area (Å²) < 4.78 is 0. The summed E-state index contributed by atoms with van der Waals surface area (Å²) in [7, 11) is 3.85. The number of amides is 2. The van der Waals surface area contributed by atoms with Gasteiger partial charge in [-0.25, -0.2) is 0 Å². The Labute approximate surface area is 103 Å². The zero-order chi connectivity index (χ0) is 13.4. The standard InChI is InChI=1S/C12H23N3O2/c1-6-11(16)14-10(7-8-15(4)5)12(17)13-9(2)3/h6,9-10H,1,7-8H2,2-5H3,(H,13,17)(H,14,16). The van der Waals surface area contributed by atoms with Crippen molar-refractivity contribution in [3.8, 4) is 0 Å². The molecule has 0 aliphatic rings. The molecular weight excluding hydrogens is 218 g/mol. The van der Waals surface area contributed by atoms with Crippen LogP contribution in [0, 0.1) is 0 Å². The monoisotopic (exact) mass is 241 g/mol. The van der Waals surface area contributed by atoms with Crippen LogP contribution in [0.2, 0.25) is 0 Å². The summed E-state index contributed by atoms with van der Waals surface area (Å²) in [6.07, 6.45) is 1.75. The lowest BCUT2D eigenvalue weighted by molar-refractivity contribution is -0.127. The van der Waals surface area contributed by atoms with Gasteiger partial charge in [0.15, 0.2) is 0 Å². The van der Waals surface area contributed by atoms with Crippen LogP contribution in [0.3, 0.4) is 0 Å². The van der Waals surface area contributed by atoms with E-state index in [-0.39, 0.29) is 17.9 Å². The molecule has 1 unspecified atom stereocenters. The van der Waals surface area contributed by atoms with Gasteiger partial charge in [-0.15, -0.1) is 0 Å². The van der Waals surface area contributed by atoms with E-state index < -0.39 is 6.04 Å². The number of hydrogen-bond donors (Lipinski definition) is 2. The van der Waals surface area contributed by atoms with Gasteiger partial charge in [-0.2, -0.15) is 0 Å². The van der Waals surface area contributed by atoms with E-state index >= 15 is 0 Å². The van der Waals surface area contributed by atoms with Crippen molar-refractivity contribution in [1.29, 1.82) is 0 Å². The van der Waals surface area contributed by atoms with Crippen LogP contribution < -0.4 is 10.6 Å². The third kappa shape index (κ3) is 7.52. The number of carbonyl (C=O) groups excluding carboxylic acids is 2. The zero-order valence-corrected chi connectivity index (χ0v) is 11.1. The minimum absolute atomic E-state index is 0.0602. The second-order valence-corrected chi connectivity index (χ2v) is 4.52. The summed E-state index contributed by atoms with van der Waals surface area (Å²) in [6, 6.07) is -0.449. The maximum atomic E-state index is 11.8. The van der Waals surface area contributed by atoms with Gasteiger partial charge in [0.2, 0.25) is 11.8 Å². The van der Waals surface area contributed by atoms with E-state index in [2.05, 4.69) is 17.2 Å². The first-order valence-corrected chi connectivity index (χ1v) is 5.74. The highest BCUT2D eigenvalue weighted by molar-refractivity contribution is 5.92. The summed E-state index contributed by atoms with van der Waals surface area (Å²) in [5, 5.41) is 5.42. The summed E-state index contributed by atoms with van der Waals surface area (Å²) >= 11 is 0. The summed E-state index contributed by atoms with van der Waals surface area (Å²) in [6.45, 7) is 7.88. The van der Waals surface area contributed by atoms with Crippen LogP contribution in [0.1, 0.15) is 20.3 Å². The fourth-order valence-electron chi connectivity index (χ4n) is 1.27. The highest BCUT2D eigenvalue weighted by Gasteiger charge is 2.20. The highest BCUT2D eigenvalue weighted by Crippen LogP contribution is 1.96. The molecule has 2 N–H and O–H groups in total. The quantitative estimate of drug-likeness (QED) is 0.623. The van der Waals surface area contributed by atoms with Gasteiger partial charge in [0.25, 0.3) is 0 Å². The van der Waals surface area contributed by atoms with E-state index in [1.54, 1.807) is 0 Å². The van der Waals surface area contributed by atoms with Crippen molar-refractivity contribution < 1.29 is 9.59 Å². The minimum atomic E-state index is -0.509. The van der Waals surface area contributed by atoms with Crippen LogP contribution in [0.5, 0.6) is 0 Å². The summed E-state index contributed by atoms with van der Waals surface area (Å²) in [5.41, 5.74) is 0.